The number of aliphatic hydroxyl groups is 1. The predicted octanol–water partition coefficient (Wildman–Crippen LogP) is 2.50. The predicted molar refractivity (Wildman–Crippen MR) is 91.9 cm³/mol. The number of nitrogens with zero attached hydrogens (tertiary/aromatic N) is 1. The van der Waals surface area contributed by atoms with E-state index < -0.39 is 6.10 Å². The Morgan fingerprint density at radius 3 is 2.87 bits per heavy atom. The van der Waals surface area contributed by atoms with Crippen LogP contribution in [0.15, 0.2) is 42.6 Å². The molecule has 0 aliphatic heterocycles. The van der Waals surface area contributed by atoms with Crippen molar-refractivity contribution in [2.45, 2.75) is 19.4 Å². The van der Waals surface area contributed by atoms with Crippen molar-refractivity contribution < 1.29 is 9.90 Å². The Labute approximate surface area is 140 Å². The van der Waals surface area contributed by atoms with Crippen LogP contribution >= 0.6 is 11.6 Å². The molecule has 1 aromatic carbocycles. The van der Waals surface area contributed by atoms with E-state index in [1.165, 1.54) is 0 Å². The summed E-state index contributed by atoms with van der Waals surface area (Å²) in [6, 6.07) is 11.0. The number of amides is 1. The van der Waals surface area contributed by atoms with Crippen LogP contribution in [0.25, 0.3) is 0 Å². The zero-order chi connectivity index (χ0) is 16.7. The highest BCUT2D eigenvalue weighted by atomic mass is 35.5. The van der Waals surface area contributed by atoms with Gasteiger partial charge in [-0.1, -0.05) is 29.8 Å². The highest BCUT2D eigenvalue weighted by molar-refractivity contribution is 6.31. The molecule has 1 aromatic heterocycles. The summed E-state index contributed by atoms with van der Waals surface area (Å²) >= 11 is 6.08. The lowest BCUT2D eigenvalue weighted by Crippen LogP contribution is -2.26. The molecule has 1 atom stereocenters. The van der Waals surface area contributed by atoms with E-state index in [0.717, 1.165) is 11.3 Å². The molecule has 0 saturated carbocycles. The average molecular weight is 334 g/mol. The third kappa shape index (κ3) is 5.54. The van der Waals surface area contributed by atoms with Gasteiger partial charge in [0, 0.05) is 30.0 Å². The van der Waals surface area contributed by atoms with E-state index in [1.54, 1.807) is 25.3 Å². The first-order valence-electron chi connectivity index (χ1n) is 7.46. The Hall–Kier alpha value is -2.11. The molecular weight excluding hydrogens is 314 g/mol. The molecule has 0 saturated heterocycles. The van der Waals surface area contributed by atoms with Gasteiger partial charge in [-0.2, -0.15) is 0 Å². The zero-order valence-electron chi connectivity index (χ0n) is 12.9. The molecule has 6 heteroatoms. The number of benzene rings is 1. The highest BCUT2D eigenvalue weighted by Crippen LogP contribution is 2.15. The van der Waals surface area contributed by atoms with Crippen LogP contribution in [-0.4, -0.2) is 35.2 Å². The van der Waals surface area contributed by atoms with E-state index in [9.17, 15) is 9.90 Å². The number of hydrogen-bond donors (Lipinski definition) is 3. The second-order valence-corrected chi connectivity index (χ2v) is 5.66. The quantitative estimate of drug-likeness (QED) is 0.728. The van der Waals surface area contributed by atoms with Crippen molar-refractivity contribution in [2.24, 2.45) is 0 Å². The monoisotopic (exact) mass is 333 g/mol. The lowest BCUT2D eigenvalue weighted by atomic mass is 10.1. The van der Waals surface area contributed by atoms with E-state index in [1.807, 2.05) is 24.3 Å². The van der Waals surface area contributed by atoms with Gasteiger partial charge in [0.25, 0.3) is 5.91 Å². The lowest BCUT2D eigenvalue weighted by molar-refractivity contribution is 0.0949. The van der Waals surface area contributed by atoms with Crippen molar-refractivity contribution in [3.63, 3.8) is 0 Å². The second-order valence-electron chi connectivity index (χ2n) is 5.26. The van der Waals surface area contributed by atoms with Gasteiger partial charge in [-0.05, 0) is 37.1 Å². The number of pyridine rings is 1. The van der Waals surface area contributed by atoms with E-state index in [2.05, 4.69) is 15.6 Å². The average Bonchev–Trinajstić information content (AvgIpc) is 2.55. The van der Waals surface area contributed by atoms with Crippen LogP contribution in [0.4, 0.5) is 5.69 Å². The van der Waals surface area contributed by atoms with Crippen molar-refractivity contribution in [1.82, 2.24) is 10.3 Å². The number of nitrogens with one attached hydrogen (secondary N) is 2. The fourth-order valence-electron chi connectivity index (χ4n) is 2.03. The van der Waals surface area contributed by atoms with E-state index in [4.69, 9.17) is 11.6 Å². The minimum Gasteiger partial charge on any atom is -0.392 e. The summed E-state index contributed by atoms with van der Waals surface area (Å²) in [5.41, 5.74) is 2.08. The van der Waals surface area contributed by atoms with Crippen LogP contribution in [0, 0.1) is 0 Å². The molecule has 2 rings (SSSR count). The minimum absolute atomic E-state index is 0.238. The summed E-state index contributed by atoms with van der Waals surface area (Å²) in [5, 5.41) is 15.8. The third-order valence-corrected chi connectivity index (χ3v) is 3.60. The molecule has 23 heavy (non-hydrogen) atoms. The van der Waals surface area contributed by atoms with Gasteiger partial charge in [-0.15, -0.1) is 0 Å². The molecule has 0 aliphatic rings. The van der Waals surface area contributed by atoms with E-state index >= 15 is 0 Å². The Balaban J connectivity index is 1.88. The van der Waals surface area contributed by atoms with Crippen LogP contribution in [0.3, 0.4) is 0 Å². The molecule has 122 valence electrons. The number of hydrogen-bond acceptors (Lipinski definition) is 4. The summed E-state index contributed by atoms with van der Waals surface area (Å²) in [5.74, 6) is -0.238. The molecule has 3 N–H and O–H groups in total. The SMILES string of the molecule is C[C@@H](O)CNc1ccnc(C(=O)NCCc2ccccc2Cl)c1. The summed E-state index contributed by atoms with van der Waals surface area (Å²) in [4.78, 5) is 16.2. The third-order valence-electron chi connectivity index (χ3n) is 3.23. The van der Waals surface area contributed by atoms with Crippen LogP contribution < -0.4 is 10.6 Å². The molecule has 0 radical (unpaired) electrons. The normalized spacial score (nSPS) is 11.8. The summed E-state index contributed by atoms with van der Waals surface area (Å²) in [6.07, 6.45) is 1.76. The standard InChI is InChI=1S/C17H20ClN3O2/c1-12(22)11-21-14-7-9-19-16(10-14)17(23)20-8-6-13-4-2-3-5-15(13)18/h2-5,7,9-10,12,22H,6,8,11H2,1H3,(H,19,21)(H,20,23)/t12-/m1/s1. The summed E-state index contributed by atoms with van der Waals surface area (Å²) < 4.78 is 0. The van der Waals surface area contributed by atoms with Crippen molar-refractivity contribution in [3.8, 4) is 0 Å². The van der Waals surface area contributed by atoms with Gasteiger partial charge in [-0.3, -0.25) is 9.78 Å². The molecule has 2 aromatic rings. The second kappa shape index (κ2) is 8.50. The van der Waals surface area contributed by atoms with Gasteiger partial charge in [0.15, 0.2) is 0 Å². The van der Waals surface area contributed by atoms with Crippen LogP contribution in [0.2, 0.25) is 5.02 Å². The van der Waals surface area contributed by atoms with Gasteiger partial charge in [0.05, 0.1) is 6.10 Å². The van der Waals surface area contributed by atoms with Crippen molar-refractivity contribution in [1.29, 1.82) is 0 Å². The number of rotatable bonds is 7. The van der Waals surface area contributed by atoms with Gasteiger partial charge in [-0.25, -0.2) is 0 Å². The van der Waals surface area contributed by atoms with Crippen LogP contribution in [0.5, 0.6) is 0 Å². The molecular formula is C17H20ClN3O2. The summed E-state index contributed by atoms with van der Waals surface area (Å²) in [7, 11) is 0. The fraction of sp³-hybridized carbons (Fsp3) is 0.294. The number of aliphatic hydroxyl groups excluding tert-OH is 1. The first kappa shape index (κ1) is 17.2. The lowest BCUT2D eigenvalue weighted by Gasteiger charge is -2.10. The molecule has 0 fully saturated rings. The Bertz CT molecular complexity index is 662. The van der Waals surface area contributed by atoms with Gasteiger partial charge in [0.2, 0.25) is 0 Å². The molecule has 0 unspecified atom stereocenters. The van der Waals surface area contributed by atoms with Crippen LogP contribution in [0.1, 0.15) is 23.0 Å². The molecule has 0 aliphatic carbocycles. The maximum absolute atomic E-state index is 12.1. The van der Waals surface area contributed by atoms with Gasteiger partial charge < -0.3 is 15.7 Å². The van der Waals surface area contributed by atoms with Gasteiger partial charge in [0.1, 0.15) is 5.69 Å². The number of carbonyl (C=O) groups is 1. The minimum atomic E-state index is -0.462. The Morgan fingerprint density at radius 2 is 2.13 bits per heavy atom. The molecule has 5 nitrogen and oxygen atoms in total. The molecule has 1 amide bonds. The first-order valence-corrected chi connectivity index (χ1v) is 7.83. The number of anilines is 1. The maximum atomic E-state index is 12.1. The topological polar surface area (TPSA) is 74.2 Å². The Kier molecular flexibility index (Phi) is 6.38. The van der Waals surface area contributed by atoms with Crippen molar-refractivity contribution >= 4 is 23.2 Å². The molecule has 1 heterocycles. The van der Waals surface area contributed by atoms with Crippen molar-refractivity contribution in [3.05, 3.63) is 58.9 Å². The maximum Gasteiger partial charge on any atom is 0.269 e. The summed E-state index contributed by atoms with van der Waals surface area (Å²) in [6.45, 7) is 2.59. The Morgan fingerprint density at radius 1 is 1.35 bits per heavy atom. The molecule has 0 bridgehead atoms. The highest BCUT2D eigenvalue weighted by Gasteiger charge is 2.08. The van der Waals surface area contributed by atoms with Gasteiger partial charge >= 0.3 is 0 Å². The smallest absolute Gasteiger partial charge is 0.269 e. The van der Waals surface area contributed by atoms with E-state index in [0.29, 0.717) is 30.2 Å². The number of carbonyl (C=O) groups excluding carboxylic acids is 1. The first-order chi connectivity index (χ1) is 11.1. The number of halogens is 1. The van der Waals surface area contributed by atoms with Crippen LogP contribution in [-0.2, 0) is 6.42 Å². The fourth-order valence-corrected chi connectivity index (χ4v) is 2.26. The molecule has 0 spiro atoms. The van der Waals surface area contributed by atoms with Crippen molar-refractivity contribution in [2.75, 3.05) is 18.4 Å². The van der Waals surface area contributed by atoms with E-state index in [-0.39, 0.29) is 5.91 Å². The number of aromatic nitrogens is 1. The zero-order valence-corrected chi connectivity index (χ0v) is 13.7. The largest absolute Gasteiger partial charge is 0.392 e.